The van der Waals surface area contributed by atoms with Crippen molar-refractivity contribution < 1.29 is 9.53 Å². The first-order valence-corrected chi connectivity index (χ1v) is 7.56. The predicted molar refractivity (Wildman–Crippen MR) is 64.6 cm³/mol. The summed E-state index contributed by atoms with van der Waals surface area (Å²) in [4.78, 5) is 11.4. The van der Waals surface area contributed by atoms with Crippen LogP contribution >= 0.6 is 6.85 Å². The molecule has 0 aliphatic heterocycles. The molecule has 0 saturated heterocycles. The summed E-state index contributed by atoms with van der Waals surface area (Å²) in [5, 5.41) is 3.13. The van der Waals surface area contributed by atoms with Crippen molar-refractivity contribution in [2.75, 3.05) is 0 Å². The van der Waals surface area contributed by atoms with Gasteiger partial charge in [0.15, 0.2) is 0 Å². The molecule has 0 fully saturated rings. The first kappa shape index (κ1) is 14.1. The minimum Gasteiger partial charge on any atom is -0.462 e. The highest BCUT2D eigenvalue weighted by molar-refractivity contribution is 8.04. The molecule has 0 heterocycles. The van der Waals surface area contributed by atoms with E-state index in [2.05, 4.69) is 18.9 Å². The molecule has 0 aromatic rings. The van der Waals surface area contributed by atoms with Crippen LogP contribution in [0.1, 0.15) is 34.6 Å². The Balaban J connectivity index is 4.01. The Labute approximate surface area is 92.1 Å². The molecule has 84 valence electrons. The van der Waals surface area contributed by atoms with E-state index in [1.165, 1.54) is 0 Å². The number of hydrogen-bond donors (Lipinski definition) is 1. The lowest BCUT2D eigenvalue weighted by Crippen LogP contribution is -2.33. The lowest BCUT2D eigenvalue weighted by Gasteiger charge is -2.18. The first-order valence-electron chi connectivity index (χ1n) is 4.85. The van der Waals surface area contributed by atoms with Crippen LogP contribution in [0.3, 0.4) is 0 Å². The van der Waals surface area contributed by atoms with Crippen LogP contribution in [-0.4, -0.2) is 23.8 Å². The van der Waals surface area contributed by atoms with E-state index in [1.807, 2.05) is 13.8 Å². The summed E-state index contributed by atoms with van der Waals surface area (Å²) in [7, 11) is 0. The van der Waals surface area contributed by atoms with Crippen LogP contribution in [0.2, 0.25) is 0 Å². The molecule has 0 saturated carbocycles. The molecule has 0 aliphatic carbocycles. The van der Waals surface area contributed by atoms with Crippen LogP contribution in [0.25, 0.3) is 0 Å². The van der Waals surface area contributed by atoms with Crippen LogP contribution in [-0.2, 0) is 21.3 Å². The quantitative estimate of drug-likeness (QED) is 0.585. The maximum absolute atomic E-state index is 11.4. The summed E-state index contributed by atoms with van der Waals surface area (Å²) in [5.74, 6) is -0.215. The Bertz CT molecular complexity index is 219. The van der Waals surface area contributed by atoms with E-state index >= 15 is 0 Å². The second-order valence-electron chi connectivity index (χ2n) is 3.87. The lowest BCUT2D eigenvalue weighted by atomic mass is 10.4. The van der Waals surface area contributed by atoms with Crippen molar-refractivity contribution in [2.45, 2.75) is 52.4 Å². The van der Waals surface area contributed by atoms with Gasteiger partial charge in [-0.15, -0.1) is 0 Å². The van der Waals surface area contributed by atoms with Gasteiger partial charge in [0.1, 0.15) is 6.04 Å². The summed E-state index contributed by atoms with van der Waals surface area (Å²) in [6.45, 7) is 8.55. The minimum atomic E-state index is -1.05. The summed E-state index contributed by atoms with van der Waals surface area (Å²) in [6.07, 6.45) is -0.0633. The van der Waals surface area contributed by atoms with Gasteiger partial charge in [-0.05, 0) is 26.4 Å². The van der Waals surface area contributed by atoms with Crippen molar-refractivity contribution in [3.8, 4) is 0 Å². The third kappa shape index (κ3) is 5.74. The number of carbonyl (C=O) groups excluding carboxylic acids is 1. The van der Waals surface area contributed by atoms with E-state index in [4.69, 9.17) is 16.5 Å². The van der Waals surface area contributed by atoms with Crippen molar-refractivity contribution in [1.29, 1.82) is 0 Å². The molecular formula is C9H20NO2PS. The molecule has 14 heavy (non-hydrogen) atoms. The molecule has 1 N–H and O–H groups in total. The molecule has 0 amide bonds. The molecule has 0 aromatic carbocycles. The zero-order valence-corrected chi connectivity index (χ0v) is 11.3. The standard InChI is InChI=1S/C9H20NO2PS/c1-6(2)12-9(11)8(5)10-13(14)7(3)4/h6-8,13H,1-5H3,(H,10,14)/t8-/m0/s1. The Hall–Kier alpha value is 0.0800. The number of hydrogen-bond acceptors (Lipinski definition) is 3. The van der Waals surface area contributed by atoms with Gasteiger partial charge in [-0.25, -0.2) is 0 Å². The fourth-order valence-electron chi connectivity index (χ4n) is 0.773. The van der Waals surface area contributed by atoms with Gasteiger partial charge < -0.3 is 4.74 Å². The van der Waals surface area contributed by atoms with Crippen LogP contribution in [0.4, 0.5) is 0 Å². The number of nitrogens with one attached hydrogen (secondary N) is 1. The zero-order chi connectivity index (χ0) is 11.3. The number of rotatable bonds is 5. The topological polar surface area (TPSA) is 38.3 Å². The third-order valence-electron chi connectivity index (χ3n) is 1.59. The molecule has 1 unspecified atom stereocenters. The van der Waals surface area contributed by atoms with E-state index in [9.17, 15) is 4.79 Å². The average Bonchev–Trinajstić information content (AvgIpc) is 2.02. The molecule has 0 aromatic heterocycles. The van der Waals surface area contributed by atoms with Gasteiger partial charge in [-0.3, -0.25) is 9.88 Å². The maximum atomic E-state index is 11.4. The largest absolute Gasteiger partial charge is 0.462 e. The highest BCUT2D eigenvalue weighted by atomic mass is 32.4. The van der Waals surface area contributed by atoms with E-state index in [1.54, 1.807) is 6.92 Å². The minimum absolute atomic E-state index is 0.0633. The molecule has 0 bridgehead atoms. The van der Waals surface area contributed by atoms with Gasteiger partial charge in [0.25, 0.3) is 0 Å². The van der Waals surface area contributed by atoms with E-state index < -0.39 is 6.85 Å². The summed E-state index contributed by atoms with van der Waals surface area (Å²) < 4.78 is 5.06. The first-order chi connectivity index (χ1) is 6.34. The van der Waals surface area contributed by atoms with E-state index in [-0.39, 0.29) is 18.1 Å². The fraction of sp³-hybridized carbons (Fsp3) is 0.889. The summed E-state index contributed by atoms with van der Waals surface area (Å²) in [5.41, 5.74) is 0.435. The van der Waals surface area contributed by atoms with Crippen molar-refractivity contribution in [3.63, 3.8) is 0 Å². The second kappa shape index (κ2) is 6.54. The van der Waals surface area contributed by atoms with Crippen LogP contribution in [0.15, 0.2) is 0 Å². The monoisotopic (exact) mass is 237 g/mol. The zero-order valence-electron chi connectivity index (χ0n) is 9.46. The summed E-state index contributed by atoms with van der Waals surface area (Å²) in [6, 6.07) is -0.286. The molecule has 2 atom stereocenters. The molecule has 5 heteroatoms. The smallest absolute Gasteiger partial charge is 0.323 e. The molecule has 0 rings (SSSR count). The van der Waals surface area contributed by atoms with Gasteiger partial charge in [0.2, 0.25) is 0 Å². The van der Waals surface area contributed by atoms with Crippen LogP contribution in [0, 0.1) is 0 Å². The summed E-state index contributed by atoms with van der Waals surface area (Å²) >= 11 is 5.25. The Morgan fingerprint density at radius 1 is 1.29 bits per heavy atom. The Morgan fingerprint density at radius 3 is 2.14 bits per heavy atom. The van der Waals surface area contributed by atoms with Crippen LogP contribution < -0.4 is 5.09 Å². The second-order valence-corrected chi connectivity index (χ2v) is 7.36. The lowest BCUT2D eigenvalue weighted by molar-refractivity contribution is -0.148. The molecule has 3 nitrogen and oxygen atoms in total. The van der Waals surface area contributed by atoms with Gasteiger partial charge in [0.05, 0.1) is 6.10 Å². The highest BCUT2D eigenvalue weighted by Gasteiger charge is 2.16. The van der Waals surface area contributed by atoms with Crippen LogP contribution in [0.5, 0.6) is 0 Å². The maximum Gasteiger partial charge on any atom is 0.323 e. The van der Waals surface area contributed by atoms with E-state index in [0.717, 1.165) is 0 Å². The molecule has 0 aliphatic rings. The normalized spacial score (nSPS) is 15.6. The van der Waals surface area contributed by atoms with Crippen molar-refractivity contribution in [2.24, 2.45) is 0 Å². The Morgan fingerprint density at radius 2 is 1.79 bits per heavy atom. The highest BCUT2D eigenvalue weighted by Crippen LogP contribution is 2.23. The van der Waals surface area contributed by atoms with Crippen molar-refractivity contribution in [1.82, 2.24) is 5.09 Å². The van der Waals surface area contributed by atoms with E-state index in [0.29, 0.717) is 5.66 Å². The van der Waals surface area contributed by atoms with Gasteiger partial charge in [-0.2, -0.15) is 0 Å². The SMILES string of the molecule is CC(C)OC(=O)[C@H](C)N[PH](=S)C(C)C. The average molecular weight is 237 g/mol. The van der Waals surface area contributed by atoms with Gasteiger partial charge in [0, 0.05) is 6.85 Å². The number of ether oxygens (including phenoxy) is 1. The van der Waals surface area contributed by atoms with Gasteiger partial charge >= 0.3 is 5.97 Å². The van der Waals surface area contributed by atoms with Crippen molar-refractivity contribution >= 4 is 24.6 Å². The molecular weight excluding hydrogens is 217 g/mol. The molecule has 0 radical (unpaired) electrons. The predicted octanol–water partition coefficient (Wildman–Crippen LogP) is 1.92. The number of carbonyl (C=O) groups is 1. The van der Waals surface area contributed by atoms with Gasteiger partial charge in [-0.1, -0.05) is 25.7 Å². The number of esters is 1. The third-order valence-corrected chi connectivity index (χ3v) is 5.12. The molecule has 0 spiro atoms. The fourth-order valence-corrected chi connectivity index (χ4v) is 2.18. The Kier molecular flexibility index (Phi) is 6.58. The van der Waals surface area contributed by atoms with Crippen molar-refractivity contribution in [3.05, 3.63) is 0 Å².